The minimum Gasteiger partial charge on any atom is -0.426 e. The van der Waals surface area contributed by atoms with Crippen LogP contribution in [0.15, 0.2) is 46.9 Å². The van der Waals surface area contributed by atoms with Gasteiger partial charge in [-0.2, -0.15) is 0 Å². The number of benzene rings is 1. The van der Waals surface area contributed by atoms with Crippen LogP contribution in [0.3, 0.4) is 0 Å². The van der Waals surface area contributed by atoms with Crippen LogP contribution in [0.2, 0.25) is 0 Å². The highest BCUT2D eigenvalue weighted by Crippen LogP contribution is 2.23. The van der Waals surface area contributed by atoms with Gasteiger partial charge in [-0.25, -0.2) is 0 Å². The van der Waals surface area contributed by atoms with Gasteiger partial charge in [0.15, 0.2) is 5.76 Å². The van der Waals surface area contributed by atoms with Crippen molar-refractivity contribution in [1.29, 1.82) is 0 Å². The number of hydrogen-bond acceptors (Lipinski definition) is 4. The summed E-state index contributed by atoms with van der Waals surface area (Å²) in [5.74, 6) is 0.734. The first kappa shape index (κ1) is 15.1. The molecule has 112 valence electrons. The molecule has 0 aliphatic rings. The normalized spacial score (nSPS) is 12.2. The summed E-state index contributed by atoms with van der Waals surface area (Å²) < 4.78 is 10.8. The summed E-state index contributed by atoms with van der Waals surface area (Å²) in [6.07, 6.45) is -0.580. The van der Waals surface area contributed by atoms with Crippen LogP contribution < -0.4 is 10.1 Å². The first-order valence-corrected chi connectivity index (χ1v) is 6.85. The molecule has 0 aliphatic heterocycles. The third-order valence-electron chi connectivity index (χ3n) is 3.01. The summed E-state index contributed by atoms with van der Waals surface area (Å²) in [5, 5.41) is 12.3. The molecule has 1 aromatic heterocycles. The van der Waals surface area contributed by atoms with Gasteiger partial charge in [-0.15, -0.1) is 0 Å². The van der Waals surface area contributed by atoms with Crippen LogP contribution in [0.4, 0.5) is 0 Å². The third-order valence-corrected chi connectivity index (χ3v) is 3.01. The molecular formula is C16H19NO4. The zero-order valence-corrected chi connectivity index (χ0v) is 12.1. The van der Waals surface area contributed by atoms with Crippen molar-refractivity contribution in [3.63, 3.8) is 0 Å². The lowest BCUT2D eigenvalue weighted by Gasteiger charge is -2.14. The van der Waals surface area contributed by atoms with Crippen LogP contribution in [0, 0.1) is 5.92 Å². The lowest BCUT2D eigenvalue weighted by atomic mass is 10.1. The predicted molar refractivity (Wildman–Crippen MR) is 78.4 cm³/mol. The Morgan fingerprint density at radius 2 is 1.95 bits per heavy atom. The van der Waals surface area contributed by atoms with E-state index in [1.807, 2.05) is 32.0 Å². The van der Waals surface area contributed by atoms with Gasteiger partial charge in [0, 0.05) is 12.6 Å². The van der Waals surface area contributed by atoms with Gasteiger partial charge in [0.2, 0.25) is 0 Å². The first-order valence-electron chi connectivity index (χ1n) is 6.85. The number of rotatable bonds is 6. The molecule has 1 heterocycles. The van der Waals surface area contributed by atoms with E-state index < -0.39 is 6.10 Å². The Morgan fingerprint density at radius 3 is 2.62 bits per heavy atom. The highest BCUT2D eigenvalue weighted by atomic mass is 16.6. The van der Waals surface area contributed by atoms with E-state index >= 15 is 0 Å². The number of carbonyl (C=O) groups excluding carboxylic acids is 1. The molecule has 1 unspecified atom stereocenters. The average Bonchev–Trinajstić information content (AvgIpc) is 2.94. The van der Waals surface area contributed by atoms with Crippen LogP contribution in [-0.2, 0) is 0 Å². The highest BCUT2D eigenvalue weighted by molar-refractivity contribution is 5.91. The van der Waals surface area contributed by atoms with Crippen LogP contribution >= 0.6 is 0 Å². The maximum Gasteiger partial charge on any atom is 0.290 e. The number of hydrogen-bond donors (Lipinski definition) is 2. The standard InChI is InChI=1S/C16H19NO4/c1-11(2)13(18)10-17-16(19)14-8-9-15(21-14)20-12-6-4-3-5-7-12/h3-9,11,13,18H,10H2,1-2H3,(H,17,19). The molecule has 21 heavy (non-hydrogen) atoms. The van der Waals surface area contributed by atoms with Crippen LogP contribution in [0.5, 0.6) is 11.7 Å². The van der Waals surface area contributed by atoms with Gasteiger partial charge in [0.25, 0.3) is 11.9 Å². The Bertz CT molecular complexity index is 577. The minimum absolute atomic E-state index is 0.0823. The fraction of sp³-hybridized carbons (Fsp3) is 0.312. The lowest BCUT2D eigenvalue weighted by Crippen LogP contribution is -2.34. The van der Waals surface area contributed by atoms with Crippen molar-refractivity contribution < 1.29 is 19.1 Å². The molecule has 0 saturated heterocycles. The molecule has 0 aliphatic carbocycles. The summed E-state index contributed by atoms with van der Waals surface area (Å²) in [4.78, 5) is 11.9. The van der Waals surface area contributed by atoms with Crippen LogP contribution in [0.1, 0.15) is 24.4 Å². The van der Waals surface area contributed by atoms with E-state index in [1.165, 1.54) is 6.07 Å². The SMILES string of the molecule is CC(C)C(O)CNC(=O)c1ccc(Oc2ccccc2)o1. The number of carbonyl (C=O) groups is 1. The molecule has 2 aromatic rings. The van der Waals surface area contributed by atoms with Gasteiger partial charge in [-0.05, 0) is 24.1 Å². The van der Waals surface area contributed by atoms with Crippen molar-refractivity contribution in [2.24, 2.45) is 5.92 Å². The molecule has 1 atom stereocenters. The van der Waals surface area contributed by atoms with E-state index in [0.29, 0.717) is 5.75 Å². The molecule has 2 rings (SSSR count). The van der Waals surface area contributed by atoms with E-state index in [-0.39, 0.29) is 30.1 Å². The van der Waals surface area contributed by atoms with Gasteiger partial charge in [0.1, 0.15) is 5.75 Å². The van der Waals surface area contributed by atoms with E-state index in [4.69, 9.17) is 9.15 Å². The fourth-order valence-corrected chi connectivity index (χ4v) is 1.62. The maximum atomic E-state index is 11.9. The van der Waals surface area contributed by atoms with E-state index in [0.717, 1.165) is 0 Å². The Morgan fingerprint density at radius 1 is 1.24 bits per heavy atom. The smallest absolute Gasteiger partial charge is 0.290 e. The van der Waals surface area contributed by atoms with Crippen molar-refractivity contribution in [1.82, 2.24) is 5.32 Å². The van der Waals surface area contributed by atoms with Gasteiger partial charge in [-0.3, -0.25) is 4.79 Å². The molecule has 0 radical (unpaired) electrons. The van der Waals surface area contributed by atoms with E-state index in [2.05, 4.69) is 5.32 Å². The Hall–Kier alpha value is -2.27. The topological polar surface area (TPSA) is 71.7 Å². The Labute approximate surface area is 123 Å². The summed E-state index contributed by atoms with van der Waals surface area (Å²) in [6, 6.07) is 12.3. The van der Waals surface area contributed by atoms with Gasteiger partial charge in [0.05, 0.1) is 6.10 Å². The number of para-hydroxylation sites is 1. The zero-order valence-electron chi connectivity index (χ0n) is 12.1. The van der Waals surface area contributed by atoms with Crippen molar-refractivity contribution >= 4 is 5.91 Å². The second-order valence-electron chi connectivity index (χ2n) is 5.06. The average molecular weight is 289 g/mol. The molecule has 2 N–H and O–H groups in total. The number of aliphatic hydroxyl groups excluding tert-OH is 1. The van der Waals surface area contributed by atoms with Crippen molar-refractivity contribution in [2.45, 2.75) is 20.0 Å². The molecule has 0 bridgehead atoms. The molecule has 0 saturated carbocycles. The fourth-order valence-electron chi connectivity index (χ4n) is 1.62. The molecule has 1 aromatic carbocycles. The molecule has 5 heteroatoms. The van der Waals surface area contributed by atoms with E-state index in [9.17, 15) is 9.90 Å². The van der Waals surface area contributed by atoms with Crippen LogP contribution in [-0.4, -0.2) is 23.7 Å². The Kier molecular flexibility index (Phi) is 5.00. The number of aliphatic hydroxyl groups is 1. The minimum atomic E-state index is -0.580. The largest absolute Gasteiger partial charge is 0.426 e. The number of ether oxygens (including phenoxy) is 1. The highest BCUT2D eigenvalue weighted by Gasteiger charge is 2.15. The first-order chi connectivity index (χ1) is 10.1. The molecule has 1 amide bonds. The molecule has 5 nitrogen and oxygen atoms in total. The predicted octanol–water partition coefficient (Wildman–Crippen LogP) is 2.82. The van der Waals surface area contributed by atoms with Gasteiger partial charge in [-0.1, -0.05) is 32.0 Å². The van der Waals surface area contributed by atoms with Gasteiger partial charge >= 0.3 is 0 Å². The van der Waals surface area contributed by atoms with Crippen molar-refractivity contribution in [3.05, 3.63) is 48.2 Å². The monoisotopic (exact) mass is 289 g/mol. The van der Waals surface area contributed by atoms with E-state index in [1.54, 1.807) is 18.2 Å². The Balaban J connectivity index is 1.92. The number of amides is 1. The zero-order chi connectivity index (χ0) is 15.2. The third kappa shape index (κ3) is 4.36. The quantitative estimate of drug-likeness (QED) is 0.857. The van der Waals surface area contributed by atoms with Gasteiger partial charge < -0.3 is 19.6 Å². The second-order valence-corrected chi connectivity index (χ2v) is 5.06. The second kappa shape index (κ2) is 6.95. The van der Waals surface area contributed by atoms with Crippen LogP contribution in [0.25, 0.3) is 0 Å². The number of furan rings is 1. The van der Waals surface area contributed by atoms with Crippen molar-refractivity contribution in [3.8, 4) is 11.7 Å². The summed E-state index contributed by atoms with van der Waals surface area (Å²) in [7, 11) is 0. The number of nitrogens with one attached hydrogen (secondary N) is 1. The molecule has 0 fully saturated rings. The summed E-state index contributed by atoms with van der Waals surface area (Å²) >= 11 is 0. The molecule has 0 spiro atoms. The summed E-state index contributed by atoms with van der Waals surface area (Å²) in [5.41, 5.74) is 0. The lowest BCUT2D eigenvalue weighted by molar-refractivity contribution is 0.0842. The van der Waals surface area contributed by atoms with Crippen molar-refractivity contribution in [2.75, 3.05) is 6.54 Å². The maximum absolute atomic E-state index is 11.9. The molecular weight excluding hydrogens is 270 g/mol. The summed E-state index contributed by atoms with van der Waals surface area (Å²) in [6.45, 7) is 3.96.